The van der Waals surface area contributed by atoms with Gasteiger partial charge in [-0.15, -0.1) is 11.3 Å². The molecule has 1 aliphatic heterocycles. The van der Waals surface area contributed by atoms with Gasteiger partial charge in [0.15, 0.2) is 5.76 Å². The van der Waals surface area contributed by atoms with Crippen LogP contribution in [0.3, 0.4) is 0 Å². The second kappa shape index (κ2) is 7.50. The quantitative estimate of drug-likeness (QED) is 0.719. The van der Waals surface area contributed by atoms with Crippen molar-refractivity contribution in [1.82, 2.24) is 9.46 Å². The standard InChI is InChI=1S/C17H22N2O5S2/c1-4-23-17(20)13-6-5-9-19(10-13)26(21,22)15-8-7-14(25-15)16-11(2)12(3)18-24-16/h7-8,13H,4-6,9-10H2,1-3H3/t13-/m1/s1. The molecule has 0 bridgehead atoms. The van der Waals surface area contributed by atoms with Crippen LogP contribution in [0, 0.1) is 19.8 Å². The zero-order valence-corrected chi connectivity index (χ0v) is 16.7. The number of hydrogen-bond acceptors (Lipinski definition) is 7. The van der Waals surface area contributed by atoms with Crippen LogP contribution in [0.5, 0.6) is 0 Å². The predicted molar refractivity (Wildman–Crippen MR) is 97.4 cm³/mol. The Kier molecular flexibility index (Phi) is 5.50. The minimum Gasteiger partial charge on any atom is -0.466 e. The highest BCUT2D eigenvalue weighted by Crippen LogP contribution is 2.35. The van der Waals surface area contributed by atoms with Gasteiger partial charge in [-0.1, -0.05) is 5.16 Å². The monoisotopic (exact) mass is 398 g/mol. The first-order valence-electron chi connectivity index (χ1n) is 8.54. The number of thiophene rings is 1. The van der Waals surface area contributed by atoms with Crippen LogP contribution in [0.15, 0.2) is 20.9 Å². The van der Waals surface area contributed by atoms with Crippen LogP contribution >= 0.6 is 11.3 Å². The summed E-state index contributed by atoms with van der Waals surface area (Å²) in [7, 11) is -3.65. The largest absolute Gasteiger partial charge is 0.466 e. The molecule has 0 aliphatic carbocycles. The van der Waals surface area contributed by atoms with Crippen LogP contribution in [-0.4, -0.2) is 43.5 Å². The highest BCUT2D eigenvalue weighted by Gasteiger charge is 2.35. The number of aromatic nitrogens is 1. The molecule has 1 atom stereocenters. The van der Waals surface area contributed by atoms with Crippen LogP contribution in [-0.2, 0) is 19.6 Å². The van der Waals surface area contributed by atoms with Gasteiger partial charge in [-0.05, 0) is 45.7 Å². The van der Waals surface area contributed by atoms with E-state index in [0.29, 0.717) is 31.8 Å². The van der Waals surface area contributed by atoms with Crippen molar-refractivity contribution in [2.45, 2.75) is 37.8 Å². The fourth-order valence-electron chi connectivity index (χ4n) is 2.97. The van der Waals surface area contributed by atoms with Gasteiger partial charge in [0.2, 0.25) is 0 Å². The smallest absolute Gasteiger partial charge is 0.310 e. The molecular formula is C17H22N2O5S2. The number of sulfonamides is 1. The average molecular weight is 399 g/mol. The third-order valence-electron chi connectivity index (χ3n) is 4.56. The maximum Gasteiger partial charge on any atom is 0.310 e. The van der Waals surface area contributed by atoms with Crippen molar-refractivity contribution in [2.75, 3.05) is 19.7 Å². The molecule has 0 saturated carbocycles. The van der Waals surface area contributed by atoms with Crippen molar-refractivity contribution in [3.05, 3.63) is 23.4 Å². The van der Waals surface area contributed by atoms with Gasteiger partial charge in [0.25, 0.3) is 10.0 Å². The number of rotatable bonds is 5. The Bertz CT molecular complexity index is 900. The lowest BCUT2D eigenvalue weighted by Gasteiger charge is -2.30. The summed E-state index contributed by atoms with van der Waals surface area (Å²) in [5.74, 6) is -0.138. The Labute approximate surface area is 157 Å². The van der Waals surface area contributed by atoms with Crippen LogP contribution < -0.4 is 0 Å². The zero-order chi connectivity index (χ0) is 18.9. The second-order valence-electron chi connectivity index (χ2n) is 6.30. The van der Waals surface area contributed by atoms with E-state index in [2.05, 4.69) is 5.16 Å². The summed E-state index contributed by atoms with van der Waals surface area (Å²) in [6.45, 7) is 6.35. The van der Waals surface area contributed by atoms with E-state index >= 15 is 0 Å². The lowest BCUT2D eigenvalue weighted by molar-refractivity contribution is -0.149. The summed E-state index contributed by atoms with van der Waals surface area (Å²) in [4.78, 5) is 12.7. The number of nitrogens with zero attached hydrogens (tertiary/aromatic N) is 2. The van der Waals surface area contributed by atoms with E-state index in [-0.39, 0.29) is 16.7 Å². The number of carbonyl (C=O) groups is 1. The normalized spacial score (nSPS) is 18.8. The Morgan fingerprint density at radius 2 is 2.19 bits per heavy atom. The van der Waals surface area contributed by atoms with Gasteiger partial charge in [-0.3, -0.25) is 4.79 Å². The molecule has 2 aromatic heterocycles. The molecule has 9 heteroatoms. The van der Waals surface area contributed by atoms with Crippen LogP contribution in [0.4, 0.5) is 0 Å². The molecule has 7 nitrogen and oxygen atoms in total. The number of hydrogen-bond donors (Lipinski definition) is 0. The summed E-state index contributed by atoms with van der Waals surface area (Å²) >= 11 is 1.15. The Morgan fingerprint density at radius 3 is 2.85 bits per heavy atom. The topological polar surface area (TPSA) is 89.7 Å². The predicted octanol–water partition coefficient (Wildman–Crippen LogP) is 2.98. The molecule has 0 N–H and O–H groups in total. The van der Waals surface area contributed by atoms with Gasteiger partial charge in [0.1, 0.15) is 4.21 Å². The molecule has 2 aromatic rings. The van der Waals surface area contributed by atoms with Crippen LogP contribution in [0.2, 0.25) is 0 Å². The third kappa shape index (κ3) is 3.56. The van der Waals surface area contributed by atoms with Crippen molar-refractivity contribution >= 4 is 27.3 Å². The summed E-state index contributed by atoms with van der Waals surface area (Å²) in [6.07, 6.45) is 1.29. The molecule has 0 spiro atoms. The minimum absolute atomic E-state index is 0.162. The van der Waals surface area contributed by atoms with E-state index in [4.69, 9.17) is 9.26 Å². The lowest BCUT2D eigenvalue weighted by atomic mass is 10.0. The lowest BCUT2D eigenvalue weighted by Crippen LogP contribution is -2.42. The average Bonchev–Trinajstić information content (AvgIpc) is 3.23. The minimum atomic E-state index is -3.65. The fourth-order valence-corrected chi connectivity index (χ4v) is 5.99. The molecule has 3 heterocycles. The fraction of sp³-hybridized carbons (Fsp3) is 0.529. The molecular weight excluding hydrogens is 376 g/mol. The molecule has 1 aliphatic rings. The number of carbonyl (C=O) groups excluding carboxylic acids is 1. The maximum absolute atomic E-state index is 13.0. The van der Waals surface area contributed by atoms with Crippen molar-refractivity contribution < 1.29 is 22.5 Å². The van der Waals surface area contributed by atoms with Crippen LogP contribution in [0.1, 0.15) is 31.0 Å². The first kappa shape index (κ1) is 19.1. The van der Waals surface area contributed by atoms with Gasteiger partial charge in [-0.2, -0.15) is 4.31 Å². The Hall–Kier alpha value is -1.71. The van der Waals surface area contributed by atoms with Gasteiger partial charge in [0.05, 0.1) is 23.1 Å². The third-order valence-corrected chi connectivity index (χ3v) is 7.98. The van der Waals surface area contributed by atoms with Crippen LogP contribution in [0.25, 0.3) is 10.6 Å². The van der Waals surface area contributed by atoms with E-state index < -0.39 is 15.9 Å². The van der Waals surface area contributed by atoms with Gasteiger partial charge < -0.3 is 9.26 Å². The molecule has 0 unspecified atom stereocenters. The molecule has 142 valence electrons. The summed E-state index contributed by atoms with van der Waals surface area (Å²) < 4.78 is 38.0. The summed E-state index contributed by atoms with van der Waals surface area (Å²) in [5.41, 5.74) is 1.68. The first-order valence-corrected chi connectivity index (χ1v) is 10.8. The molecule has 0 amide bonds. The SMILES string of the molecule is CCOC(=O)[C@@H]1CCCN(S(=O)(=O)c2ccc(-c3onc(C)c3C)s2)C1. The van der Waals surface area contributed by atoms with Crippen molar-refractivity contribution in [2.24, 2.45) is 5.92 Å². The molecule has 26 heavy (non-hydrogen) atoms. The Morgan fingerprint density at radius 1 is 1.42 bits per heavy atom. The van der Waals surface area contributed by atoms with E-state index in [1.807, 2.05) is 13.8 Å². The highest BCUT2D eigenvalue weighted by molar-refractivity contribution is 7.91. The van der Waals surface area contributed by atoms with Gasteiger partial charge in [0, 0.05) is 18.7 Å². The second-order valence-corrected chi connectivity index (χ2v) is 9.54. The number of piperidine rings is 1. The first-order chi connectivity index (χ1) is 12.3. The van der Waals surface area contributed by atoms with Gasteiger partial charge >= 0.3 is 5.97 Å². The van der Waals surface area contributed by atoms with E-state index in [1.165, 1.54) is 4.31 Å². The molecule has 1 saturated heterocycles. The molecule has 3 rings (SSSR count). The van der Waals surface area contributed by atoms with E-state index in [9.17, 15) is 13.2 Å². The molecule has 1 fully saturated rings. The van der Waals surface area contributed by atoms with Gasteiger partial charge in [-0.25, -0.2) is 8.42 Å². The molecule has 0 radical (unpaired) electrons. The van der Waals surface area contributed by atoms with E-state index in [0.717, 1.165) is 27.5 Å². The summed E-state index contributed by atoms with van der Waals surface area (Å²) in [5, 5.41) is 3.92. The number of aryl methyl sites for hydroxylation is 1. The summed E-state index contributed by atoms with van der Waals surface area (Å²) in [6, 6.07) is 3.32. The van der Waals surface area contributed by atoms with Crippen molar-refractivity contribution in [3.63, 3.8) is 0 Å². The Balaban J connectivity index is 1.82. The zero-order valence-electron chi connectivity index (χ0n) is 15.0. The number of ether oxygens (including phenoxy) is 1. The van der Waals surface area contributed by atoms with Crippen molar-refractivity contribution in [3.8, 4) is 10.6 Å². The van der Waals surface area contributed by atoms with E-state index in [1.54, 1.807) is 19.1 Å². The highest BCUT2D eigenvalue weighted by atomic mass is 32.2. The number of esters is 1. The molecule has 0 aromatic carbocycles. The van der Waals surface area contributed by atoms with Crippen molar-refractivity contribution in [1.29, 1.82) is 0 Å². The maximum atomic E-state index is 13.0.